The third-order valence-electron chi connectivity index (χ3n) is 4.77. The van der Waals surface area contributed by atoms with E-state index in [0.29, 0.717) is 17.0 Å². The highest BCUT2D eigenvalue weighted by atomic mass is 16.5. The van der Waals surface area contributed by atoms with Crippen LogP contribution in [0, 0.1) is 0 Å². The highest BCUT2D eigenvalue weighted by Crippen LogP contribution is 2.19. The molecular formula is C25H21N3O3. The molecule has 0 fully saturated rings. The third kappa shape index (κ3) is 4.82. The molecule has 1 aromatic heterocycles. The number of fused-ring (bicyclic) bond motifs is 1. The molecule has 0 saturated heterocycles. The Kier molecular flexibility index (Phi) is 5.80. The molecule has 0 aliphatic carbocycles. The van der Waals surface area contributed by atoms with Crippen LogP contribution in [0.1, 0.15) is 15.9 Å². The van der Waals surface area contributed by atoms with Gasteiger partial charge in [-0.3, -0.25) is 9.59 Å². The number of methoxy groups -OCH3 is 1. The largest absolute Gasteiger partial charge is 0.497 e. The first kappa shape index (κ1) is 20.0. The van der Waals surface area contributed by atoms with Crippen LogP contribution in [0.25, 0.3) is 17.0 Å². The molecule has 0 aliphatic rings. The van der Waals surface area contributed by atoms with Gasteiger partial charge in [-0.25, -0.2) is 0 Å². The Morgan fingerprint density at radius 3 is 2.45 bits per heavy atom. The summed E-state index contributed by atoms with van der Waals surface area (Å²) in [5, 5.41) is 6.64. The molecule has 0 atom stereocenters. The molecular weight excluding hydrogens is 390 g/mol. The maximum absolute atomic E-state index is 13.1. The Morgan fingerprint density at radius 1 is 0.935 bits per heavy atom. The van der Waals surface area contributed by atoms with Gasteiger partial charge in [-0.15, -0.1) is 0 Å². The number of aromatic amines is 1. The fraction of sp³-hybridized carbons (Fsp3) is 0.0400. The van der Waals surface area contributed by atoms with Crippen LogP contribution in [-0.2, 0) is 4.79 Å². The summed E-state index contributed by atoms with van der Waals surface area (Å²) in [4.78, 5) is 28.9. The van der Waals surface area contributed by atoms with E-state index in [1.807, 2.05) is 48.7 Å². The molecule has 154 valence electrons. The lowest BCUT2D eigenvalue weighted by Crippen LogP contribution is -2.30. The first-order chi connectivity index (χ1) is 15.1. The number of aromatic nitrogens is 1. The summed E-state index contributed by atoms with van der Waals surface area (Å²) >= 11 is 0. The van der Waals surface area contributed by atoms with E-state index in [4.69, 9.17) is 4.74 Å². The summed E-state index contributed by atoms with van der Waals surface area (Å²) in [6, 6.07) is 23.5. The van der Waals surface area contributed by atoms with E-state index in [1.165, 1.54) is 0 Å². The van der Waals surface area contributed by atoms with Gasteiger partial charge >= 0.3 is 0 Å². The lowest BCUT2D eigenvalue weighted by Gasteiger charge is -2.12. The lowest BCUT2D eigenvalue weighted by atomic mass is 10.1. The van der Waals surface area contributed by atoms with E-state index in [1.54, 1.807) is 49.6 Å². The van der Waals surface area contributed by atoms with Gasteiger partial charge in [-0.1, -0.05) is 36.4 Å². The number of benzene rings is 3. The van der Waals surface area contributed by atoms with E-state index in [2.05, 4.69) is 15.6 Å². The van der Waals surface area contributed by atoms with Gasteiger partial charge in [0.05, 0.1) is 7.11 Å². The van der Waals surface area contributed by atoms with Crippen LogP contribution in [0.2, 0.25) is 0 Å². The highest BCUT2D eigenvalue weighted by molar-refractivity contribution is 6.11. The van der Waals surface area contributed by atoms with Crippen molar-refractivity contribution in [3.05, 3.63) is 102 Å². The van der Waals surface area contributed by atoms with Gasteiger partial charge in [-0.2, -0.15) is 0 Å². The van der Waals surface area contributed by atoms with Gasteiger partial charge in [0.1, 0.15) is 11.4 Å². The zero-order chi connectivity index (χ0) is 21.6. The molecule has 4 rings (SSSR count). The molecule has 31 heavy (non-hydrogen) atoms. The van der Waals surface area contributed by atoms with Crippen molar-refractivity contribution < 1.29 is 14.3 Å². The summed E-state index contributed by atoms with van der Waals surface area (Å²) in [5.41, 5.74) is 2.87. The molecule has 6 heteroatoms. The minimum Gasteiger partial charge on any atom is -0.497 e. The van der Waals surface area contributed by atoms with Crippen LogP contribution in [0.5, 0.6) is 5.75 Å². The van der Waals surface area contributed by atoms with E-state index in [9.17, 15) is 9.59 Å². The number of amides is 2. The molecule has 0 unspecified atom stereocenters. The van der Waals surface area contributed by atoms with Gasteiger partial charge in [0.2, 0.25) is 0 Å². The maximum Gasteiger partial charge on any atom is 0.272 e. The van der Waals surface area contributed by atoms with Crippen LogP contribution in [0.4, 0.5) is 5.69 Å². The summed E-state index contributed by atoms with van der Waals surface area (Å²) < 4.78 is 5.18. The van der Waals surface area contributed by atoms with Gasteiger partial charge in [-0.05, 0) is 59.5 Å². The minimum atomic E-state index is -0.425. The van der Waals surface area contributed by atoms with Crippen molar-refractivity contribution in [3.8, 4) is 5.75 Å². The fourth-order valence-electron chi connectivity index (χ4n) is 3.13. The number of rotatable bonds is 6. The van der Waals surface area contributed by atoms with E-state index >= 15 is 0 Å². The second-order valence-electron chi connectivity index (χ2n) is 6.89. The Hall–Kier alpha value is -4.32. The molecule has 6 nitrogen and oxygen atoms in total. The standard InChI is InChI=1S/C25H21N3O3/c1-31-21-11-7-17(8-12-21)15-23(28-24(29)19-5-3-2-4-6-19)25(30)27-20-10-9-18-13-14-26-22(18)16-20/h2-16,26H,1H3,(H,27,30)(H,28,29)/b23-15+. The Balaban J connectivity index is 1.61. The number of hydrogen-bond donors (Lipinski definition) is 3. The number of carbonyl (C=O) groups excluding carboxylic acids is 2. The zero-order valence-electron chi connectivity index (χ0n) is 16.9. The maximum atomic E-state index is 13.1. The van der Waals surface area contributed by atoms with Crippen LogP contribution in [0.3, 0.4) is 0 Å². The quantitative estimate of drug-likeness (QED) is 0.406. The van der Waals surface area contributed by atoms with Crippen LogP contribution in [0.15, 0.2) is 90.8 Å². The van der Waals surface area contributed by atoms with Gasteiger partial charge in [0.25, 0.3) is 11.8 Å². The molecule has 0 radical (unpaired) electrons. The summed E-state index contributed by atoms with van der Waals surface area (Å²) in [5.74, 6) is -0.0861. The summed E-state index contributed by atoms with van der Waals surface area (Å²) in [7, 11) is 1.59. The van der Waals surface area contributed by atoms with Crippen molar-refractivity contribution in [1.29, 1.82) is 0 Å². The Morgan fingerprint density at radius 2 is 1.71 bits per heavy atom. The van der Waals surface area contributed by atoms with Crippen molar-refractivity contribution >= 4 is 34.5 Å². The zero-order valence-corrected chi connectivity index (χ0v) is 16.9. The number of H-pyrrole nitrogens is 1. The minimum absolute atomic E-state index is 0.130. The number of carbonyl (C=O) groups is 2. The molecule has 0 saturated carbocycles. The highest BCUT2D eigenvalue weighted by Gasteiger charge is 2.15. The predicted octanol–water partition coefficient (Wildman–Crippen LogP) is 4.59. The van der Waals surface area contributed by atoms with Gasteiger partial charge in [0.15, 0.2) is 0 Å². The molecule has 1 heterocycles. The summed E-state index contributed by atoms with van der Waals surface area (Å²) in [6.45, 7) is 0. The normalized spacial score (nSPS) is 11.2. The Bertz CT molecular complexity index is 1240. The molecule has 3 N–H and O–H groups in total. The van der Waals surface area contributed by atoms with Crippen molar-refractivity contribution in [2.75, 3.05) is 12.4 Å². The monoisotopic (exact) mass is 411 g/mol. The smallest absolute Gasteiger partial charge is 0.272 e. The van der Waals surface area contributed by atoms with Crippen molar-refractivity contribution in [2.45, 2.75) is 0 Å². The second kappa shape index (κ2) is 9.00. The predicted molar refractivity (Wildman–Crippen MR) is 122 cm³/mol. The Labute approximate surface area is 179 Å². The summed E-state index contributed by atoms with van der Waals surface area (Å²) in [6.07, 6.45) is 3.47. The molecule has 3 aromatic carbocycles. The van der Waals surface area contributed by atoms with Crippen LogP contribution >= 0.6 is 0 Å². The lowest BCUT2D eigenvalue weighted by molar-refractivity contribution is -0.113. The van der Waals surface area contributed by atoms with E-state index < -0.39 is 5.91 Å². The van der Waals surface area contributed by atoms with Crippen molar-refractivity contribution in [3.63, 3.8) is 0 Å². The van der Waals surface area contributed by atoms with E-state index in [0.717, 1.165) is 16.5 Å². The molecule has 4 aromatic rings. The van der Waals surface area contributed by atoms with Crippen LogP contribution in [-0.4, -0.2) is 23.9 Å². The molecule has 0 bridgehead atoms. The first-order valence-corrected chi connectivity index (χ1v) is 9.73. The number of hydrogen-bond acceptors (Lipinski definition) is 3. The molecule has 2 amide bonds. The number of ether oxygens (including phenoxy) is 1. The van der Waals surface area contributed by atoms with Crippen molar-refractivity contribution in [2.24, 2.45) is 0 Å². The van der Waals surface area contributed by atoms with Crippen LogP contribution < -0.4 is 15.4 Å². The van der Waals surface area contributed by atoms with E-state index in [-0.39, 0.29) is 11.6 Å². The SMILES string of the molecule is COc1ccc(/C=C(/NC(=O)c2ccccc2)C(=O)Nc2ccc3cc[nH]c3c2)cc1. The first-order valence-electron chi connectivity index (χ1n) is 9.73. The fourth-order valence-corrected chi connectivity index (χ4v) is 3.13. The topological polar surface area (TPSA) is 83.2 Å². The van der Waals surface area contributed by atoms with Gasteiger partial charge in [0, 0.05) is 23.0 Å². The molecule has 0 spiro atoms. The average molecular weight is 411 g/mol. The average Bonchev–Trinajstić information content (AvgIpc) is 3.27. The second-order valence-corrected chi connectivity index (χ2v) is 6.89. The third-order valence-corrected chi connectivity index (χ3v) is 4.77. The van der Waals surface area contributed by atoms with Crippen molar-refractivity contribution in [1.82, 2.24) is 10.3 Å². The molecule has 0 aliphatic heterocycles. The number of anilines is 1. The van der Waals surface area contributed by atoms with Gasteiger partial charge < -0.3 is 20.4 Å². The number of nitrogens with one attached hydrogen (secondary N) is 3.